The van der Waals surface area contributed by atoms with Crippen molar-refractivity contribution in [1.82, 2.24) is 0 Å². The Balaban J connectivity index is 1.36. The monoisotopic (exact) mass is 583 g/mol. The topological polar surface area (TPSA) is 3.24 Å². The average Bonchev–Trinajstić information content (AvgIpc) is 3.64. The van der Waals surface area contributed by atoms with E-state index in [1.807, 2.05) is 22.7 Å². The molecule has 0 saturated heterocycles. The molecule has 0 aliphatic carbocycles. The zero-order chi connectivity index (χ0) is 28.3. The lowest BCUT2D eigenvalue weighted by Gasteiger charge is -2.30. The van der Waals surface area contributed by atoms with Gasteiger partial charge in [0.15, 0.2) is 0 Å². The maximum absolute atomic E-state index is 2.50. The fourth-order valence-corrected chi connectivity index (χ4v) is 8.75. The van der Waals surface area contributed by atoms with Crippen LogP contribution in [0.4, 0.5) is 17.1 Å². The van der Waals surface area contributed by atoms with Gasteiger partial charge in [0, 0.05) is 51.3 Å². The zero-order valence-corrected chi connectivity index (χ0v) is 24.8. The molecule has 0 atom stereocenters. The van der Waals surface area contributed by atoms with Gasteiger partial charge in [-0.3, -0.25) is 0 Å². The molecule has 2 aromatic heterocycles. The van der Waals surface area contributed by atoms with Crippen LogP contribution in [0.3, 0.4) is 0 Å². The molecule has 2 heterocycles. The van der Waals surface area contributed by atoms with E-state index in [0.29, 0.717) is 0 Å². The van der Waals surface area contributed by atoms with Crippen LogP contribution in [0.25, 0.3) is 62.2 Å². The van der Waals surface area contributed by atoms with E-state index in [-0.39, 0.29) is 0 Å². The standard InChI is InChI=1S/C40H25NS2/c1-2-13-28-26(11-1)12-9-18-34(28)41(35-19-10-22-39-40(35)31-16-5-8-21-37(31)43-39)33-17-6-3-14-29(33)27-23-24-38-32(25-27)30-15-4-7-20-36(30)42-38/h1-25H. The molecule has 0 N–H and O–H groups in total. The van der Waals surface area contributed by atoms with Crippen LogP contribution in [0.1, 0.15) is 0 Å². The van der Waals surface area contributed by atoms with Crippen molar-refractivity contribution in [1.29, 1.82) is 0 Å². The summed E-state index contributed by atoms with van der Waals surface area (Å²) in [5.74, 6) is 0. The first kappa shape index (κ1) is 24.6. The highest BCUT2D eigenvalue weighted by molar-refractivity contribution is 7.26. The summed E-state index contributed by atoms with van der Waals surface area (Å²) in [6.45, 7) is 0. The average molecular weight is 584 g/mol. The second kappa shape index (κ2) is 9.81. The van der Waals surface area contributed by atoms with Gasteiger partial charge in [-0.1, -0.05) is 103 Å². The van der Waals surface area contributed by atoms with E-state index in [2.05, 4.69) is 157 Å². The zero-order valence-electron chi connectivity index (χ0n) is 23.2. The SMILES string of the molecule is c1ccc(N(c2cccc3ccccc23)c2cccc3sc4ccccc4c23)c(-c2ccc3sc4ccccc4c3c2)c1. The normalized spacial score (nSPS) is 11.7. The van der Waals surface area contributed by atoms with Crippen LogP contribution >= 0.6 is 22.7 Å². The van der Waals surface area contributed by atoms with E-state index in [1.54, 1.807) is 0 Å². The number of hydrogen-bond donors (Lipinski definition) is 0. The summed E-state index contributed by atoms with van der Waals surface area (Å²) in [5, 5.41) is 7.70. The molecule has 0 saturated carbocycles. The van der Waals surface area contributed by atoms with Crippen LogP contribution in [0.2, 0.25) is 0 Å². The fourth-order valence-electron chi connectivity index (χ4n) is 6.54. The molecule has 0 fully saturated rings. The molecule has 0 aliphatic heterocycles. The maximum Gasteiger partial charge on any atom is 0.0555 e. The molecule has 0 unspecified atom stereocenters. The van der Waals surface area contributed by atoms with Crippen molar-refractivity contribution in [2.45, 2.75) is 0 Å². The molecular formula is C40H25NS2. The number of thiophene rings is 2. The van der Waals surface area contributed by atoms with Crippen molar-refractivity contribution < 1.29 is 0 Å². The number of rotatable bonds is 4. The van der Waals surface area contributed by atoms with Crippen molar-refractivity contribution in [2.75, 3.05) is 4.90 Å². The molecule has 3 heteroatoms. The number of para-hydroxylation sites is 1. The first-order valence-corrected chi connectivity index (χ1v) is 16.2. The Morgan fingerprint density at radius 3 is 1.86 bits per heavy atom. The molecule has 7 aromatic carbocycles. The third kappa shape index (κ3) is 3.90. The van der Waals surface area contributed by atoms with Gasteiger partial charge < -0.3 is 4.90 Å². The van der Waals surface area contributed by atoms with Gasteiger partial charge in [0.05, 0.1) is 17.1 Å². The van der Waals surface area contributed by atoms with Gasteiger partial charge >= 0.3 is 0 Å². The molecule has 0 amide bonds. The van der Waals surface area contributed by atoms with Crippen molar-refractivity contribution in [3.63, 3.8) is 0 Å². The number of anilines is 3. The van der Waals surface area contributed by atoms with Gasteiger partial charge in [0.1, 0.15) is 0 Å². The molecule has 9 rings (SSSR count). The Hall–Kier alpha value is -4.96. The van der Waals surface area contributed by atoms with Crippen LogP contribution < -0.4 is 4.90 Å². The Kier molecular flexibility index (Phi) is 5.62. The van der Waals surface area contributed by atoms with Crippen molar-refractivity contribution in [3.05, 3.63) is 152 Å². The van der Waals surface area contributed by atoms with E-state index in [1.165, 1.54) is 79.3 Å². The molecular weight excluding hydrogens is 559 g/mol. The molecule has 0 aliphatic rings. The van der Waals surface area contributed by atoms with E-state index in [9.17, 15) is 0 Å². The van der Waals surface area contributed by atoms with Crippen LogP contribution in [0.15, 0.2) is 152 Å². The number of nitrogens with zero attached hydrogens (tertiary/aromatic N) is 1. The van der Waals surface area contributed by atoms with E-state index in [0.717, 1.165) is 0 Å². The summed E-state index contributed by atoms with van der Waals surface area (Å²) >= 11 is 3.73. The predicted molar refractivity (Wildman–Crippen MR) is 190 cm³/mol. The maximum atomic E-state index is 2.50. The van der Waals surface area contributed by atoms with Crippen molar-refractivity contribution >= 4 is 90.9 Å². The van der Waals surface area contributed by atoms with Gasteiger partial charge in [-0.05, 0) is 59.5 Å². The smallest absolute Gasteiger partial charge is 0.0555 e. The fraction of sp³-hybridized carbons (Fsp3) is 0. The molecule has 9 aromatic rings. The van der Waals surface area contributed by atoms with E-state index in [4.69, 9.17) is 0 Å². The third-order valence-corrected chi connectivity index (χ3v) is 10.7. The van der Waals surface area contributed by atoms with Gasteiger partial charge in [0.2, 0.25) is 0 Å². The predicted octanol–water partition coefficient (Wildman–Crippen LogP) is 12.7. The van der Waals surface area contributed by atoms with E-state index < -0.39 is 0 Å². The van der Waals surface area contributed by atoms with E-state index >= 15 is 0 Å². The van der Waals surface area contributed by atoms with Gasteiger partial charge in [-0.2, -0.15) is 0 Å². The highest BCUT2D eigenvalue weighted by atomic mass is 32.1. The second-order valence-corrected chi connectivity index (χ2v) is 13.1. The van der Waals surface area contributed by atoms with Crippen LogP contribution in [0.5, 0.6) is 0 Å². The highest BCUT2D eigenvalue weighted by Gasteiger charge is 2.22. The number of hydrogen-bond acceptors (Lipinski definition) is 3. The van der Waals surface area contributed by atoms with Crippen LogP contribution in [-0.2, 0) is 0 Å². The Morgan fingerprint density at radius 1 is 0.372 bits per heavy atom. The van der Waals surface area contributed by atoms with Gasteiger partial charge in [-0.15, -0.1) is 22.7 Å². The molecule has 0 radical (unpaired) electrons. The highest BCUT2D eigenvalue weighted by Crippen LogP contribution is 2.49. The molecule has 0 bridgehead atoms. The summed E-state index contributed by atoms with van der Waals surface area (Å²) < 4.78 is 5.26. The largest absolute Gasteiger partial charge is 0.309 e. The summed E-state index contributed by atoms with van der Waals surface area (Å²) in [5.41, 5.74) is 5.97. The lowest BCUT2D eigenvalue weighted by atomic mass is 9.98. The minimum absolute atomic E-state index is 1.17. The van der Waals surface area contributed by atoms with Crippen LogP contribution in [0, 0.1) is 0 Å². The summed E-state index contributed by atoms with van der Waals surface area (Å²) in [4.78, 5) is 2.50. The Labute approximate surface area is 257 Å². The molecule has 202 valence electrons. The van der Waals surface area contributed by atoms with Gasteiger partial charge in [0.25, 0.3) is 0 Å². The number of benzene rings is 7. The quantitative estimate of drug-likeness (QED) is 0.199. The third-order valence-electron chi connectivity index (χ3n) is 8.46. The summed E-state index contributed by atoms with van der Waals surface area (Å²) in [6, 6.07) is 55.5. The Morgan fingerprint density at radius 2 is 0.953 bits per heavy atom. The molecule has 43 heavy (non-hydrogen) atoms. The van der Waals surface area contributed by atoms with Crippen LogP contribution in [-0.4, -0.2) is 0 Å². The van der Waals surface area contributed by atoms with Crippen molar-refractivity contribution in [3.8, 4) is 11.1 Å². The van der Waals surface area contributed by atoms with Gasteiger partial charge in [-0.25, -0.2) is 0 Å². The first-order chi connectivity index (χ1) is 21.3. The molecule has 0 spiro atoms. The molecule has 1 nitrogen and oxygen atoms in total. The lowest BCUT2D eigenvalue weighted by molar-refractivity contribution is 1.32. The Bertz CT molecular complexity index is 2480. The minimum Gasteiger partial charge on any atom is -0.309 e. The minimum atomic E-state index is 1.17. The first-order valence-electron chi connectivity index (χ1n) is 14.5. The summed E-state index contributed by atoms with van der Waals surface area (Å²) in [6.07, 6.45) is 0. The second-order valence-electron chi connectivity index (χ2n) is 10.9. The van der Waals surface area contributed by atoms with Crippen molar-refractivity contribution in [2.24, 2.45) is 0 Å². The lowest BCUT2D eigenvalue weighted by Crippen LogP contribution is -2.12. The summed E-state index contributed by atoms with van der Waals surface area (Å²) in [7, 11) is 0. The number of fused-ring (bicyclic) bond motifs is 7.